The van der Waals surface area contributed by atoms with Crippen LogP contribution >= 0.6 is 11.8 Å². The Morgan fingerprint density at radius 2 is 2.12 bits per heavy atom. The Morgan fingerprint density at radius 3 is 2.80 bits per heavy atom. The number of nitrogens with one attached hydrogen (secondary N) is 1. The third kappa shape index (κ3) is 4.79. The predicted octanol–water partition coefficient (Wildman–Crippen LogP) is 1.00. The van der Waals surface area contributed by atoms with Gasteiger partial charge in [-0.1, -0.05) is 42.1 Å². The number of carbonyl (C=O) groups is 2. The minimum atomic E-state index is -0.722. The second-order valence-electron chi connectivity index (χ2n) is 5.76. The molecule has 9 heteroatoms. The zero-order chi connectivity index (χ0) is 17.6. The Balaban J connectivity index is 1.56. The van der Waals surface area contributed by atoms with Crippen LogP contribution in [-0.4, -0.2) is 51.0 Å². The number of aromatic nitrogens is 4. The summed E-state index contributed by atoms with van der Waals surface area (Å²) in [6.07, 6.45) is 2.50. The number of hydrogen-bond acceptors (Lipinski definition) is 7. The molecule has 1 aliphatic rings. The minimum absolute atomic E-state index is 0.134. The molecule has 1 aromatic heterocycles. The largest absolute Gasteiger partial charge is 0.467 e. The molecule has 3 rings (SSSR count). The van der Waals surface area contributed by atoms with E-state index < -0.39 is 12.0 Å². The van der Waals surface area contributed by atoms with Gasteiger partial charge in [0.25, 0.3) is 0 Å². The van der Waals surface area contributed by atoms with Crippen LogP contribution in [0.4, 0.5) is 0 Å². The second-order valence-corrected chi connectivity index (χ2v) is 6.70. The summed E-state index contributed by atoms with van der Waals surface area (Å²) in [5, 5.41) is 14.9. The number of ether oxygens (including phenoxy) is 1. The molecule has 0 spiro atoms. The first-order chi connectivity index (χ1) is 12.2. The number of hydrogen-bond donors (Lipinski definition) is 1. The maximum Gasteiger partial charge on any atom is 0.328 e. The lowest BCUT2D eigenvalue weighted by Crippen LogP contribution is -2.43. The summed E-state index contributed by atoms with van der Waals surface area (Å²) in [4.78, 5) is 24.2. The first-order valence-electron chi connectivity index (χ1n) is 7.99. The van der Waals surface area contributed by atoms with Gasteiger partial charge in [0.05, 0.1) is 18.9 Å². The Labute approximate surface area is 149 Å². The van der Waals surface area contributed by atoms with Crippen molar-refractivity contribution in [3.8, 4) is 0 Å². The molecule has 1 saturated carbocycles. The van der Waals surface area contributed by atoms with Crippen LogP contribution in [0.25, 0.3) is 0 Å². The highest BCUT2D eigenvalue weighted by Crippen LogP contribution is 2.36. The van der Waals surface area contributed by atoms with Crippen molar-refractivity contribution in [1.82, 2.24) is 25.5 Å². The van der Waals surface area contributed by atoms with Crippen LogP contribution in [0.5, 0.6) is 0 Å². The molecule has 1 atom stereocenters. The number of amides is 1. The number of thioether (sulfide) groups is 1. The van der Waals surface area contributed by atoms with Gasteiger partial charge in [-0.2, -0.15) is 0 Å². The van der Waals surface area contributed by atoms with Crippen molar-refractivity contribution in [2.45, 2.75) is 36.5 Å². The molecular formula is C16H19N5O3S. The van der Waals surface area contributed by atoms with Gasteiger partial charge in [-0.25, -0.2) is 9.48 Å². The van der Waals surface area contributed by atoms with Crippen molar-refractivity contribution in [3.05, 3.63) is 35.9 Å². The van der Waals surface area contributed by atoms with Crippen molar-refractivity contribution in [3.63, 3.8) is 0 Å². The molecule has 2 aromatic rings. The predicted molar refractivity (Wildman–Crippen MR) is 90.9 cm³/mol. The van der Waals surface area contributed by atoms with Gasteiger partial charge in [-0.3, -0.25) is 4.79 Å². The molecule has 1 fully saturated rings. The van der Waals surface area contributed by atoms with Crippen LogP contribution in [-0.2, 0) is 20.7 Å². The highest BCUT2D eigenvalue weighted by molar-refractivity contribution is 7.99. The third-order valence-corrected chi connectivity index (χ3v) is 4.72. The number of tetrazole rings is 1. The first-order valence-corrected chi connectivity index (χ1v) is 8.97. The van der Waals surface area contributed by atoms with Gasteiger partial charge in [0.2, 0.25) is 11.1 Å². The SMILES string of the molecule is COC(=O)[C@@H](Cc1ccccc1)NC(=O)CSc1nnnn1C1CC1. The van der Waals surface area contributed by atoms with E-state index in [1.807, 2.05) is 30.3 Å². The fourth-order valence-corrected chi connectivity index (χ4v) is 3.14. The monoisotopic (exact) mass is 361 g/mol. The number of carbonyl (C=O) groups excluding carboxylic acids is 2. The van der Waals surface area contributed by atoms with E-state index >= 15 is 0 Å². The van der Waals surface area contributed by atoms with E-state index in [-0.39, 0.29) is 11.7 Å². The van der Waals surface area contributed by atoms with Gasteiger partial charge in [0.15, 0.2) is 0 Å². The van der Waals surface area contributed by atoms with E-state index in [4.69, 9.17) is 4.74 Å². The summed E-state index contributed by atoms with van der Waals surface area (Å²) >= 11 is 1.26. The lowest BCUT2D eigenvalue weighted by atomic mass is 10.1. The minimum Gasteiger partial charge on any atom is -0.467 e. The van der Waals surface area contributed by atoms with E-state index in [1.165, 1.54) is 18.9 Å². The zero-order valence-corrected chi connectivity index (χ0v) is 14.6. The Morgan fingerprint density at radius 1 is 1.36 bits per heavy atom. The number of nitrogens with zero attached hydrogens (tertiary/aromatic N) is 4. The molecule has 1 N–H and O–H groups in total. The van der Waals surface area contributed by atoms with Crippen LogP contribution in [0.2, 0.25) is 0 Å². The van der Waals surface area contributed by atoms with E-state index in [0.29, 0.717) is 17.6 Å². The standard InChI is InChI=1S/C16H19N5O3S/c1-24-15(23)13(9-11-5-3-2-4-6-11)17-14(22)10-25-16-18-19-20-21(16)12-7-8-12/h2-6,12-13H,7-10H2,1H3,(H,17,22)/t13-/m1/s1. The summed E-state index contributed by atoms with van der Waals surface area (Å²) in [5.74, 6) is -0.596. The van der Waals surface area contributed by atoms with E-state index in [9.17, 15) is 9.59 Å². The topological polar surface area (TPSA) is 99.0 Å². The molecule has 0 bridgehead atoms. The Bertz CT molecular complexity index is 732. The molecule has 1 aromatic carbocycles. The average Bonchev–Trinajstić information content (AvgIpc) is 3.37. The fraction of sp³-hybridized carbons (Fsp3) is 0.438. The number of rotatable bonds is 8. The Kier molecular flexibility index (Phi) is 5.64. The number of esters is 1. The molecule has 25 heavy (non-hydrogen) atoms. The van der Waals surface area contributed by atoms with Crippen molar-refractivity contribution in [1.29, 1.82) is 0 Å². The van der Waals surface area contributed by atoms with Crippen molar-refractivity contribution < 1.29 is 14.3 Å². The summed E-state index contributed by atoms with van der Waals surface area (Å²) in [7, 11) is 1.31. The summed E-state index contributed by atoms with van der Waals surface area (Å²) in [5.41, 5.74) is 0.948. The summed E-state index contributed by atoms with van der Waals surface area (Å²) in [6.45, 7) is 0. The first kappa shape index (κ1) is 17.4. The van der Waals surface area contributed by atoms with Crippen LogP contribution in [0.1, 0.15) is 24.4 Å². The van der Waals surface area contributed by atoms with Gasteiger partial charge in [-0.05, 0) is 28.8 Å². The van der Waals surface area contributed by atoms with Crippen LogP contribution in [0.3, 0.4) is 0 Å². The van der Waals surface area contributed by atoms with Gasteiger partial charge in [0.1, 0.15) is 6.04 Å². The molecule has 0 aliphatic heterocycles. The molecule has 0 unspecified atom stereocenters. The fourth-order valence-electron chi connectivity index (χ4n) is 2.38. The highest BCUT2D eigenvalue weighted by atomic mass is 32.2. The summed E-state index contributed by atoms with van der Waals surface area (Å²) < 4.78 is 6.55. The number of methoxy groups -OCH3 is 1. The molecule has 8 nitrogen and oxygen atoms in total. The molecular weight excluding hydrogens is 342 g/mol. The van der Waals surface area contributed by atoms with E-state index in [2.05, 4.69) is 20.8 Å². The molecule has 0 radical (unpaired) electrons. The lowest BCUT2D eigenvalue weighted by molar-refractivity contribution is -0.144. The number of benzene rings is 1. The molecule has 132 valence electrons. The van der Waals surface area contributed by atoms with Crippen LogP contribution < -0.4 is 5.32 Å². The Hall–Kier alpha value is -2.42. The molecule has 1 aliphatic carbocycles. The van der Waals surface area contributed by atoms with Crippen LogP contribution in [0, 0.1) is 0 Å². The van der Waals surface area contributed by atoms with Gasteiger partial charge < -0.3 is 10.1 Å². The molecule has 1 amide bonds. The molecule has 0 saturated heterocycles. The second kappa shape index (κ2) is 8.11. The zero-order valence-electron chi connectivity index (χ0n) is 13.8. The maximum atomic E-state index is 12.2. The van der Waals surface area contributed by atoms with E-state index in [0.717, 1.165) is 18.4 Å². The maximum absolute atomic E-state index is 12.2. The quantitative estimate of drug-likeness (QED) is 0.553. The normalized spacial score (nSPS) is 14.8. The smallest absolute Gasteiger partial charge is 0.328 e. The molecule has 1 heterocycles. The van der Waals surface area contributed by atoms with E-state index in [1.54, 1.807) is 4.68 Å². The van der Waals surface area contributed by atoms with Crippen molar-refractivity contribution in [2.24, 2.45) is 0 Å². The van der Waals surface area contributed by atoms with Gasteiger partial charge in [0, 0.05) is 6.42 Å². The van der Waals surface area contributed by atoms with Crippen LogP contribution in [0.15, 0.2) is 35.5 Å². The van der Waals surface area contributed by atoms with Gasteiger partial charge >= 0.3 is 5.97 Å². The third-order valence-electron chi connectivity index (χ3n) is 3.79. The lowest BCUT2D eigenvalue weighted by Gasteiger charge is -2.16. The van der Waals surface area contributed by atoms with Crippen molar-refractivity contribution >= 4 is 23.6 Å². The average molecular weight is 361 g/mol. The summed E-state index contributed by atoms with van der Waals surface area (Å²) in [6, 6.07) is 9.11. The highest BCUT2D eigenvalue weighted by Gasteiger charge is 2.28. The van der Waals surface area contributed by atoms with Gasteiger partial charge in [-0.15, -0.1) is 5.10 Å². The van der Waals surface area contributed by atoms with Crippen molar-refractivity contribution in [2.75, 3.05) is 12.9 Å².